The van der Waals surface area contributed by atoms with Gasteiger partial charge in [0, 0.05) is 6.07 Å². The molecule has 0 heterocycles. The van der Waals surface area contributed by atoms with Gasteiger partial charge < -0.3 is 4.74 Å². The van der Waals surface area contributed by atoms with Crippen molar-refractivity contribution in [1.82, 2.24) is 0 Å². The van der Waals surface area contributed by atoms with E-state index >= 15 is 0 Å². The Hall–Kier alpha value is -0.980. The highest BCUT2D eigenvalue weighted by atomic mass is 16.5. The van der Waals surface area contributed by atoms with Gasteiger partial charge in [-0.2, -0.15) is 0 Å². The molecular weight excluding hydrogens is 148 g/mol. The molecule has 0 bridgehead atoms. The van der Waals surface area contributed by atoms with Gasteiger partial charge >= 0.3 is 0 Å². The molecule has 0 aliphatic carbocycles. The van der Waals surface area contributed by atoms with Gasteiger partial charge in [-0.1, -0.05) is 19.1 Å². The largest absolute Gasteiger partial charge is 0.490 e. The molecule has 0 unspecified atom stereocenters. The first-order chi connectivity index (χ1) is 5.72. The average Bonchev–Trinajstić information content (AvgIpc) is 2.03. The molecule has 0 aromatic heterocycles. The van der Waals surface area contributed by atoms with Crippen LogP contribution >= 0.6 is 0 Å². The van der Waals surface area contributed by atoms with Crippen LogP contribution in [0.15, 0.2) is 18.2 Å². The topological polar surface area (TPSA) is 9.23 Å². The fourth-order valence-corrected chi connectivity index (χ4v) is 1.03. The van der Waals surface area contributed by atoms with Crippen LogP contribution in [0.4, 0.5) is 0 Å². The van der Waals surface area contributed by atoms with Gasteiger partial charge in [-0.15, -0.1) is 0 Å². The Morgan fingerprint density at radius 1 is 1.50 bits per heavy atom. The number of hydrogen-bond acceptors (Lipinski definition) is 1. The minimum atomic E-state index is 0.230. The summed E-state index contributed by atoms with van der Waals surface area (Å²) in [5.41, 5.74) is 1.30. The van der Waals surface area contributed by atoms with Crippen LogP contribution in [-0.2, 0) is 6.42 Å². The molecule has 0 atom stereocenters. The standard InChI is InChI=1S/C11H15O/c1-4-10-6-5-7-11(8-10)12-9(2)3/h5-6,8-9H,4H2,1-3H3. The van der Waals surface area contributed by atoms with E-state index in [4.69, 9.17) is 4.74 Å². The van der Waals surface area contributed by atoms with Crippen molar-refractivity contribution in [2.24, 2.45) is 0 Å². The van der Waals surface area contributed by atoms with E-state index in [0.717, 1.165) is 12.2 Å². The number of ether oxygens (including phenoxy) is 1. The Balaban J connectivity index is 2.72. The van der Waals surface area contributed by atoms with Crippen LogP contribution in [0.25, 0.3) is 0 Å². The number of benzene rings is 1. The van der Waals surface area contributed by atoms with Gasteiger partial charge in [0.25, 0.3) is 0 Å². The van der Waals surface area contributed by atoms with Crippen LogP contribution in [0, 0.1) is 6.07 Å². The third-order valence-corrected chi connectivity index (χ3v) is 1.61. The molecule has 1 aromatic carbocycles. The summed E-state index contributed by atoms with van der Waals surface area (Å²) in [6.45, 7) is 6.17. The molecule has 0 aliphatic rings. The summed E-state index contributed by atoms with van der Waals surface area (Å²) in [5.74, 6) is 0.851. The minimum Gasteiger partial charge on any atom is -0.490 e. The molecule has 12 heavy (non-hydrogen) atoms. The number of hydrogen-bond donors (Lipinski definition) is 0. The molecular formula is C11H15O. The van der Waals surface area contributed by atoms with Gasteiger partial charge in [-0.3, -0.25) is 0 Å². The van der Waals surface area contributed by atoms with Gasteiger partial charge in [0.1, 0.15) is 5.75 Å². The average molecular weight is 163 g/mol. The quantitative estimate of drug-likeness (QED) is 0.665. The zero-order valence-corrected chi connectivity index (χ0v) is 7.92. The lowest BCUT2D eigenvalue weighted by Gasteiger charge is -2.09. The summed E-state index contributed by atoms with van der Waals surface area (Å²) < 4.78 is 5.50. The fourth-order valence-electron chi connectivity index (χ4n) is 1.03. The van der Waals surface area contributed by atoms with Gasteiger partial charge in [0.05, 0.1) is 6.10 Å². The smallest absolute Gasteiger partial charge is 0.127 e. The third kappa shape index (κ3) is 2.57. The molecule has 0 N–H and O–H groups in total. The monoisotopic (exact) mass is 163 g/mol. The van der Waals surface area contributed by atoms with E-state index in [-0.39, 0.29) is 6.10 Å². The summed E-state index contributed by atoms with van der Waals surface area (Å²) in [6.07, 6.45) is 1.27. The summed E-state index contributed by atoms with van der Waals surface area (Å²) in [4.78, 5) is 0. The van der Waals surface area contributed by atoms with E-state index in [1.807, 2.05) is 26.0 Å². The van der Waals surface area contributed by atoms with Crippen molar-refractivity contribution >= 4 is 0 Å². The SMILES string of the molecule is CCc1cc[c]c(OC(C)C)c1. The first-order valence-electron chi connectivity index (χ1n) is 4.39. The third-order valence-electron chi connectivity index (χ3n) is 1.61. The van der Waals surface area contributed by atoms with Gasteiger partial charge in [-0.25, -0.2) is 0 Å². The number of rotatable bonds is 3. The van der Waals surface area contributed by atoms with E-state index in [0.29, 0.717) is 0 Å². The van der Waals surface area contributed by atoms with E-state index in [1.165, 1.54) is 5.56 Å². The number of aryl methyl sites for hydroxylation is 1. The van der Waals surface area contributed by atoms with Crippen molar-refractivity contribution in [3.05, 3.63) is 29.8 Å². The predicted octanol–water partition coefficient (Wildman–Crippen LogP) is 2.84. The van der Waals surface area contributed by atoms with Crippen molar-refractivity contribution in [2.45, 2.75) is 33.3 Å². The molecule has 0 saturated heterocycles. The van der Waals surface area contributed by atoms with Crippen LogP contribution in [0.1, 0.15) is 26.3 Å². The van der Waals surface area contributed by atoms with Crippen molar-refractivity contribution in [2.75, 3.05) is 0 Å². The maximum Gasteiger partial charge on any atom is 0.127 e. The van der Waals surface area contributed by atoms with Gasteiger partial charge in [0.15, 0.2) is 0 Å². The molecule has 1 rings (SSSR count). The lowest BCUT2D eigenvalue weighted by atomic mass is 10.2. The van der Waals surface area contributed by atoms with Crippen molar-refractivity contribution in [3.63, 3.8) is 0 Å². The Morgan fingerprint density at radius 3 is 2.83 bits per heavy atom. The first-order valence-corrected chi connectivity index (χ1v) is 4.39. The first kappa shape index (κ1) is 9.11. The molecule has 0 fully saturated rings. The van der Waals surface area contributed by atoms with Gasteiger partial charge in [0.2, 0.25) is 0 Å². The summed E-state index contributed by atoms with van der Waals surface area (Å²) in [5, 5.41) is 0. The van der Waals surface area contributed by atoms with Crippen molar-refractivity contribution < 1.29 is 4.74 Å². The molecule has 1 radical (unpaired) electrons. The van der Waals surface area contributed by atoms with Gasteiger partial charge in [-0.05, 0) is 31.9 Å². The molecule has 65 valence electrons. The van der Waals surface area contributed by atoms with E-state index in [9.17, 15) is 0 Å². The second-order valence-electron chi connectivity index (χ2n) is 3.08. The van der Waals surface area contributed by atoms with Crippen LogP contribution < -0.4 is 4.74 Å². The normalized spacial score (nSPS) is 10.3. The fraction of sp³-hybridized carbons (Fsp3) is 0.455. The molecule has 0 amide bonds. The lowest BCUT2D eigenvalue weighted by Crippen LogP contribution is -2.05. The maximum absolute atomic E-state index is 5.50. The Bertz CT molecular complexity index is 241. The second kappa shape index (κ2) is 4.15. The molecule has 1 aromatic rings. The van der Waals surface area contributed by atoms with E-state index in [2.05, 4.69) is 19.1 Å². The summed E-state index contributed by atoms with van der Waals surface area (Å²) in [6, 6.07) is 9.07. The molecule has 0 aliphatic heterocycles. The van der Waals surface area contributed by atoms with E-state index < -0.39 is 0 Å². The van der Waals surface area contributed by atoms with Crippen LogP contribution in [0.2, 0.25) is 0 Å². The second-order valence-corrected chi connectivity index (χ2v) is 3.08. The lowest BCUT2D eigenvalue weighted by molar-refractivity contribution is 0.241. The van der Waals surface area contributed by atoms with Crippen LogP contribution in [-0.4, -0.2) is 6.10 Å². The maximum atomic E-state index is 5.50. The Kier molecular flexibility index (Phi) is 3.15. The predicted molar refractivity (Wildman–Crippen MR) is 50.4 cm³/mol. The molecule has 1 heteroatoms. The highest BCUT2D eigenvalue weighted by molar-refractivity contribution is 5.27. The van der Waals surface area contributed by atoms with Crippen molar-refractivity contribution in [1.29, 1.82) is 0 Å². The Labute approximate surface area is 74.4 Å². The summed E-state index contributed by atoms with van der Waals surface area (Å²) >= 11 is 0. The van der Waals surface area contributed by atoms with E-state index in [1.54, 1.807) is 0 Å². The highest BCUT2D eigenvalue weighted by Crippen LogP contribution is 2.14. The van der Waals surface area contributed by atoms with Crippen molar-refractivity contribution in [3.8, 4) is 5.75 Å². The molecule has 0 saturated carbocycles. The zero-order chi connectivity index (χ0) is 8.97. The Morgan fingerprint density at radius 2 is 2.25 bits per heavy atom. The van der Waals surface area contributed by atoms with Crippen LogP contribution in [0.3, 0.4) is 0 Å². The molecule has 0 spiro atoms. The van der Waals surface area contributed by atoms with Crippen LogP contribution in [0.5, 0.6) is 5.75 Å². The minimum absolute atomic E-state index is 0.230. The highest BCUT2D eigenvalue weighted by Gasteiger charge is 1.97. The summed E-state index contributed by atoms with van der Waals surface area (Å²) in [7, 11) is 0. The molecule has 1 nitrogen and oxygen atoms in total. The zero-order valence-electron chi connectivity index (χ0n) is 7.92.